The molecule has 9 heteroatoms. The first-order valence-corrected chi connectivity index (χ1v) is 6.77. The number of fused-ring (bicyclic) bond motifs is 1. The maximum absolute atomic E-state index is 14.2. The third-order valence-electron chi connectivity index (χ3n) is 3.94. The van der Waals surface area contributed by atoms with E-state index >= 15 is 0 Å². The Morgan fingerprint density at radius 3 is 2.78 bits per heavy atom. The molecule has 0 amide bonds. The van der Waals surface area contributed by atoms with Gasteiger partial charge in [-0.25, -0.2) is 14.4 Å². The lowest BCUT2D eigenvalue weighted by Crippen LogP contribution is -2.44. The van der Waals surface area contributed by atoms with Crippen molar-refractivity contribution in [1.29, 1.82) is 0 Å². The number of aromatic nitrogens is 3. The molecule has 0 spiro atoms. The van der Waals surface area contributed by atoms with Gasteiger partial charge in [-0.15, -0.1) is 6.42 Å². The molecule has 0 radical (unpaired) electrons. The molecule has 5 N–H and O–H groups in total. The predicted octanol–water partition coefficient (Wildman–Crippen LogP) is -0.924. The van der Waals surface area contributed by atoms with E-state index in [2.05, 4.69) is 15.9 Å². The van der Waals surface area contributed by atoms with Gasteiger partial charge in [-0.2, -0.15) is 0 Å². The smallest absolute Gasteiger partial charge is 0.182 e. The first-order chi connectivity index (χ1) is 10.8. The summed E-state index contributed by atoms with van der Waals surface area (Å²) in [4.78, 5) is 7.99. The second kappa shape index (κ2) is 5.14. The third kappa shape index (κ3) is 2.08. The molecule has 4 unspecified atom stereocenters. The van der Waals surface area contributed by atoms with Crippen molar-refractivity contribution in [3.05, 3.63) is 17.8 Å². The van der Waals surface area contributed by atoms with Gasteiger partial charge in [-0.05, 0) is 6.92 Å². The molecule has 8 nitrogen and oxygen atoms in total. The van der Waals surface area contributed by atoms with Crippen LogP contribution in [0.15, 0.2) is 6.20 Å². The molecule has 3 heterocycles. The number of aryl methyl sites for hydroxylation is 1. The minimum absolute atomic E-state index is 0.0249. The summed E-state index contributed by atoms with van der Waals surface area (Å²) in [5.74, 6) is 1.68. The fraction of sp³-hybridized carbons (Fsp3) is 0.429. The summed E-state index contributed by atoms with van der Waals surface area (Å²) in [6, 6.07) is 0. The molecule has 2 aromatic rings. The molecule has 4 atom stereocenters. The fourth-order valence-corrected chi connectivity index (χ4v) is 2.74. The molecule has 0 bridgehead atoms. The molecular weight excluding hydrogens is 307 g/mol. The molecule has 0 aliphatic carbocycles. The molecule has 1 fully saturated rings. The Bertz CT molecular complexity index is 817. The Hall–Kier alpha value is -2.25. The second-order valence-corrected chi connectivity index (χ2v) is 5.37. The summed E-state index contributed by atoms with van der Waals surface area (Å²) in [6.07, 6.45) is 2.04. The average molecular weight is 322 g/mol. The minimum Gasteiger partial charge on any atom is -0.392 e. The number of nitrogen functional groups attached to an aromatic ring is 1. The van der Waals surface area contributed by atoms with Gasteiger partial charge in [-0.1, -0.05) is 5.92 Å². The monoisotopic (exact) mass is 322 g/mol. The SMILES string of the molecule is C#CC1(CO)OC(n2cc(F)c3c(N)nc(C)nc32)C(O)C1O. The fourth-order valence-electron chi connectivity index (χ4n) is 2.74. The highest BCUT2D eigenvalue weighted by Gasteiger charge is 2.54. The van der Waals surface area contributed by atoms with Crippen LogP contribution in [0.3, 0.4) is 0 Å². The number of nitrogens with zero attached hydrogens (tertiary/aromatic N) is 3. The first-order valence-electron chi connectivity index (χ1n) is 6.77. The number of halogens is 1. The van der Waals surface area contributed by atoms with Crippen LogP contribution in [0.2, 0.25) is 0 Å². The van der Waals surface area contributed by atoms with E-state index in [1.807, 2.05) is 0 Å². The number of rotatable bonds is 2. The lowest BCUT2D eigenvalue weighted by Gasteiger charge is -2.23. The van der Waals surface area contributed by atoms with E-state index in [0.29, 0.717) is 5.82 Å². The van der Waals surface area contributed by atoms with Gasteiger partial charge < -0.3 is 30.4 Å². The highest BCUT2D eigenvalue weighted by Crippen LogP contribution is 2.39. The summed E-state index contributed by atoms with van der Waals surface area (Å²) in [5, 5.41) is 29.7. The molecule has 122 valence electrons. The zero-order chi connectivity index (χ0) is 16.9. The number of aliphatic hydroxyl groups excluding tert-OH is 3. The lowest BCUT2D eigenvalue weighted by atomic mass is 9.97. The van der Waals surface area contributed by atoms with E-state index in [1.54, 1.807) is 6.92 Å². The van der Waals surface area contributed by atoms with Gasteiger partial charge in [0.05, 0.1) is 12.0 Å². The zero-order valence-corrected chi connectivity index (χ0v) is 12.1. The van der Waals surface area contributed by atoms with Crippen LogP contribution in [-0.4, -0.2) is 54.3 Å². The van der Waals surface area contributed by atoms with Crippen molar-refractivity contribution in [2.24, 2.45) is 0 Å². The van der Waals surface area contributed by atoms with Gasteiger partial charge in [0.15, 0.2) is 23.3 Å². The van der Waals surface area contributed by atoms with Crippen molar-refractivity contribution in [2.75, 3.05) is 12.3 Å². The van der Waals surface area contributed by atoms with Gasteiger partial charge in [0.2, 0.25) is 0 Å². The van der Waals surface area contributed by atoms with Crippen molar-refractivity contribution in [2.45, 2.75) is 31.0 Å². The van der Waals surface area contributed by atoms with E-state index < -0.39 is 36.5 Å². The van der Waals surface area contributed by atoms with Gasteiger partial charge >= 0.3 is 0 Å². The average Bonchev–Trinajstić information content (AvgIpc) is 2.96. The van der Waals surface area contributed by atoms with Crippen LogP contribution < -0.4 is 5.73 Å². The van der Waals surface area contributed by atoms with Crippen LogP contribution in [-0.2, 0) is 4.74 Å². The highest BCUT2D eigenvalue weighted by atomic mass is 19.1. The second-order valence-electron chi connectivity index (χ2n) is 5.37. The molecule has 2 aromatic heterocycles. The predicted molar refractivity (Wildman–Crippen MR) is 77.4 cm³/mol. The van der Waals surface area contributed by atoms with E-state index in [9.17, 15) is 19.7 Å². The summed E-state index contributed by atoms with van der Waals surface area (Å²) in [7, 11) is 0. The topological polar surface area (TPSA) is 127 Å². The summed E-state index contributed by atoms with van der Waals surface area (Å²) in [5.41, 5.74) is 4.01. The maximum atomic E-state index is 14.2. The molecular formula is C14H15FN4O4. The quantitative estimate of drug-likeness (QED) is 0.526. The number of hydrogen-bond acceptors (Lipinski definition) is 7. The zero-order valence-electron chi connectivity index (χ0n) is 12.1. The molecule has 1 aliphatic heterocycles. The van der Waals surface area contributed by atoms with Crippen LogP contribution in [0.1, 0.15) is 12.1 Å². The van der Waals surface area contributed by atoms with E-state index in [1.165, 1.54) is 4.57 Å². The van der Waals surface area contributed by atoms with E-state index in [4.69, 9.17) is 16.9 Å². The van der Waals surface area contributed by atoms with Crippen molar-refractivity contribution < 1.29 is 24.4 Å². The van der Waals surface area contributed by atoms with Crippen molar-refractivity contribution >= 4 is 16.9 Å². The summed E-state index contributed by atoms with van der Waals surface area (Å²) < 4.78 is 20.8. The van der Waals surface area contributed by atoms with Crippen LogP contribution in [0.25, 0.3) is 11.0 Å². The lowest BCUT2D eigenvalue weighted by molar-refractivity contribution is -0.0910. The third-order valence-corrected chi connectivity index (χ3v) is 3.94. The van der Waals surface area contributed by atoms with Crippen LogP contribution >= 0.6 is 0 Å². The van der Waals surface area contributed by atoms with E-state index in [-0.39, 0.29) is 16.9 Å². The first kappa shape index (κ1) is 15.6. The highest BCUT2D eigenvalue weighted by molar-refractivity contribution is 5.87. The Balaban J connectivity index is 2.17. The number of terminal acetylenes is 1. The van der Waals surface area contributed by atoms with Gasteiger partial charge in [0.1, 0.15) is 23.9 Å². The maximum Gasteiger partial charge on any atom is 0.182 e. The number of aliphatic hydroxyl groups is 3. The molecule has 3 rings (SSSR count). The minimum atomic E-state index is -1.79. The Morgan fingerprint density at radius 2 is 2.22 bits per heavy atom. The summed E-state index contributed by atoms with van der Waals surface area (Å²) in [6.45, 7) is 0.862. The largest absolute Gasteiger partial charge is 0.392 e. The standard InChI is InChI=1S/C14H15FN4O4/c1-3-14(5-20)10(22)9(21)13(23-14)19-4-7(15)8-11(16)17-6(2)18-12(8)19/h1,4,9-10,13,20-22H,5H2,2H3,(H2,16,17,18). The molecule has 23 heavy (non-hydrogen) atoms. The molecule has 0 aromatic carbocycles. The number of nitrogens with two attached hydrogens (primary N) is 1. The Labute approximate surface area is 130 Å². The number of ether oxygens (including phenoxy) is 1. The van der Waals surface area contributed by atoms with Crippen LogP contribution in [0, 0.1) is 25.1 Å². The molecule has 0 saturated carbocycles. The van der Waals surface area contributed by atoms with Crippen molar-refractivity contribution in [1.82, 2.24) is 14.5 Å². The Kier molecular flexibility index (Phi) is 3.50. The van der Waals surface area contributed by atoms with Crippen LogP contribution in [0.4, 0.5) is 10.2 Å². The van der Waals surface area contributed by atoms with E-state index in [0.717, 1.165) is 6.20 Å². The normalized spacial score (nSPS) is 30.7. The summed E-state index contributed by atoms with van der Waals surface area (Å²) >= 11 is 0. The van der Waals surface area contributed by atoms with Gasteiger partial charge in [-0.3, -0.25) is 0 Å². The van der Waals surface area contributed by atoms with Gasteiger partial charge in [0, 0.05) is 6.20 Å². The van der Waals surface area contributed by atoms with Crippen molar-refractivity contribution in [3.63, 3.8) is 0 Å². The molecule has 1 saturated heterocycles. The van der Waals surface area contributed by atoms with Crippen LogP contribution in [0.5, 0.6) is 0 Å². The van der Waals surface area contributed by atoms with Crippen molar-refractivity contribution in [3.8, 4) is 12.3 Å². The Morgan fingerprint density at radius 1 is 1.52 bits per heavy atom. The number of anilines is 1. The molecule has 1 aliphatic rings. The van der Waals surface area contributed by atoms with Gasteiger partial charge in [0.25, 0.3) is 0 Å². The number of hydrogen-bond donors (Lipinski definition) is 4.